The number of hydrogen-bond donors (Lipinski definition) is 1. The maximum absolute atomic E-state index is 9.13. The van der Waals surface area contributed by atoms with E-state index in [0.29, 0.717) is 5.69 Å². The van der Waals surface area contributed by atoms with Crippen LogP contribution < -0.4 is 0 Å². The Kier molecular flexibility index (Phi) is 2.66. The third-order valence-electron chi connectivity index (χ3n) is 1.18. The highest BCUT2D eigenvalue weighted by Gasteiger charge is 2.04. The Morgan fingerprint density at radius 3 is 2.90 bits per heavy atom. The lowest BCUT2D eigenvalue weighted by molar-refractivity contribution is 0.197. The van der Waals surface area contributed by atoms with Crippen molar-refractivity contribution < 1.29 is 5.11 Å². The first-order valence-electron chi connectivity index (χ1n) is 2.99. The summed E-state index contributed by atoms with van der Waals surface area (Å²) < 4.78 is 0. The Hall–Kier alpha value is -0.600. The first-order valence-corrected chi connectivity index (χ1v) is 3.53. The van der Waals surface area contributed by atoms with Crippen LogP contribution in [0, 0.1) is 0 Å². The molecule has 0 unspecified atom stereocenters. The van der Waals surface area contributed by atoms with Crippen molar-refractivity contribution in [2.45, 2.75) is 6.10 Å². The number of rotatable bonds is 2. The molecule has 0 spiro atoms. The molecule has 0 saturated carbocycles. The van der Waals surface area contributed by atoms with Crippen molar-refractivity contribution in [1.82, 2.24) is 4.98 Å². The number of alkyl halides is 1. The molecule has 0 aliphatic rings. The quantitative estimate of drug-likeness (QED) is 0.658. The molecule has 2 nitrogen and oxygen atoms in total. The normalized spacial score (nSPS) is 13.0. The van der Waals surface area contributed by atoms with Gasteiger partial charge in [0.1, 0.15) is 6.10 Å². The molecule has 1 rings (SSSR count). The fraction of sp³-hybridized carbons (Fsp3) is 0.286. The Labute approximate surface area is 64.5 Å². The minimum absolute atomic E-state index is 0.191. The Bertz CT molecular complexity index is 190. The molecule has 10 heavy (non-hydrogen) atoms. The van der Waals surface area contributed by atoms with Crippen LogP contribution in [0.4, 0.5) is 0 Å². The van der Waals surface area contributed by atoms with E-state index in [1.54, 1.807) is 18.3 Å². The van der Waals surface area contributed by atoms with Gasteiger partial charge in [-0.25, -0.2) is 0 Å². The van der Waals surface area contributed by atoms with Gasteiger partial charge < -0.3 is 5.11 Å². The minimum atomic E-state index is -0.636. The molecule has 0 aromatic carbocycles. The van der Waals surface area contributed by atoms with Crippen LogP contribution in [0.2, 0.25) is 0 Å². The molecule has 54 valence electrons. The number of aromatic nitrogens is 1. The van der Waals surface area contributed by atoms with Gasteiger partial charge in [-0.2, -0.15) is 0 Å². The van der Waals surface area contributed by atoms with Crippen molar-refractivity contribution in [3.05, 3.63) is 30.1 Å². The maximum Gasteiger partial charge on any atom is 0.109 e. The van der Waals surface area contributed by atoms with Gasteiger partial charge in [-0.15, -0.1) is 11.6 Å². The zero-order valence-corrected chi connectivity index (χ0v) is 6.12. The van der Waals surface area contributed by atoms with Crippen LogP contribution in [0.15, 0.2) is 24.4 Å². The smallest absolute Gasteiger partial charge is 0.109 e. The Morgan fingerprint density at radius 1 is 1.60 bits per heavy atom. The summed E-state index contributed by atoms with van der Waals surface area (Å²) in [6.07, 6.45) is 0.994. The SMILES string of the molecule is O[C@H](CCl)c1ccccn1. The van der Waals surface area contributed by atoms with Crippen LogP contribution in [-0.2, 0) is 0 Å². The molecule has 0 amide bonds. The predicted molar refractivity (Wildman–Crippen MR) is 39.9 cm³/mol. The van der Waals surface area contributed by atoms with Gasteiger partial charge >= 0.3 is 0 Å². The minimum Gasteiger partial charge on any atom is -0.386 e. The number of nitrogens with zero attached hydrogens (tertiary/aromatic N) is 1. The summed E-state index contributed by atoms with van der Waals surface area (Å²) in [5, 5.41) is 9.13. The summed E-state index contributed by atoms with van der Waals surface area (Å²) in [6, 6.07) is 5.36. The van der Waals surface area contributed by atoms with Gasteiger partial charge in [0.05, 0.1) is 11.6 Å². The van der Waals surface area contributed by atoms with Crippen LogP contribution in [0.25, 0.3) is 0 Å². The zero-order valence-electron chi connectivity index (χ0n) is 5.37. The summed E-state index contributed by atoms with van der Waals surface area (Å²) in [5.74, 6) is 0.191. The molecule has 0 bridgehead atoms. The van der Waals surface area contributed by atoms with Gasteiger partial charge in [0, 0.05) is 6.20 Å². The molecular weight excluding hydrogens is 150 g/mol. The molecule has 0 radical (unpaired) electrons. The number of hydrogen-bond acceptors (Lipinski definition) is 2. The van der Waals surface area contributed by atoms with Crippen molar-refractivity contribution in [2.75, 3.05) is 5.88 Å². The van der Waals surface area contributed by atoms with E-state index in [-0.39, 0.29) is 5.88 Å². The summed E-state index contributed by atoms with van der Waals surface area (Å²) in [7, 11) is 0. The Balaban J connectivity index is 2.75. The summed E-state index contributed by atoms with van der Waals surface area (Å²) in [6.45, 7) is 0. The predicted octanol–water partition coefficient (Wildman–Crippen LogP) is 1.35. The molecule has 1 atom stereocenters. The first-order chi connectivity index (χ1) is 4.84. The highest BCUT2D eigenvalue weighted by Crippen LogP contribution is 2.09. The van der Waals surface area contributed by atoms with E-state index in [1.807, 2.05) is 6.07 Å². The number of aliphatic hydroxyl groups excluding tert-OH is 1. The number of pyridine rings is 1. The van der Waals surface area contributed by atoms with Gasteiger partial charge in [-0.3, -0.25) is 4.98 Å². The lowest BCUT2D eigenvalue weighted by Crippen LogP contribution is -2.00. The molecule has 1 aromatic rings. The standard InChI is InChI=1S/C7H8ClNO/c8-5-7(10)6-3-1-2-4-9-6/h1-4,7,10H,5H2/t7-/m1/s1. The molecule has 0 saturated heterocycles. The van der Waals surface area contributed by atoms with Crippen molar-refractivity contribution >= 4 is 11.6 Å². The highest BCUT2D eigenvalue weighted by molar-refractivity contribution is 6.18. The van der Waals surface area contributed by atoms with E-state index >= 15 is 0 Å². The average molecular weight is 158 g/mol. The monoisotopic (exact) mass is 157 g/mol. The molecule has 0 aliphatic carbocycles. The maximum atomic E-state index is 9.13. The van der Waals surface area contributed by atoms with Crippen LogP contribution in [0.5, 0.6) is 0 Å². The largest absolute Gasteiger partial charge is 0.386 e. The van der Waals surface area contributed by atoms with Crippen molar-refractivity contribution in [1.29, 1.82) is 0 Å². The molecule has 1 heterocycles. The molecule has 3 heteroatoms. The second kappa shape index (κ2) is 3.54. The third-order valence-corrected chi connectivity index (χ3v) is 1.47. The van der Waals surface area contributed by atoms with E-state index in [1.165, 1.54) is 0 Å². The number of halogens is 1. The summed E-state index contributed by atoms with van der Waals surface area (Å²) in [5.41, 5.74) is 0.623. The van der Waals surface area contributed by atoms with Crippen molar-refractivity contribution in [3.8, 4) is 0 Å². The van der Waals surface area contributed by atoms with Crippen LogP contribution in [0.1, 0.15) is 11.8 Å². The van der Waals surface area contributed by atoms with E-state index in [4.69, 9.17) is 16.7 Å². The molecular formula is C7H8ClNO. The average Bonchev–Trinajstić information content (AvgIpc) is 2.05. The number of aliphatic hydroxyl groups is 1. The summed E-state index contributed by atoms with van der Waals surface area (Å²) in [4.78, 5) is 3.92. The van der Waals surface area contributed by atoms with Crippen molar-refractivity contribution in [3.63, 3.8) is 0 Å². The van der Waals surface area contributed by atoms with E-state index in [9.17, 15) is 0 Å². The second-order valence-electron chi connectivity index (χ2n) is 1.92. The van der Waals surface area contributed by atoms with Gasteiger partial charge in [0.15, 0.2) is 0 Å². The fourth-order valence-electron chi connectivity index (χ4n) is 0.652. The topological polar surface area (TPSA) is 33.1 Å². The fourth-order valence-corrected chi connectivity index (χ4v) is 0.810. The van der Waals surface area contributed by atoms with Crippen LogP contribution in [-0.4, -0.2) is 16.0 Å². The van der Waals surface area contributed by atoms with E-state index < -0.39 is 6.10 Å². The zero-order chi connectivity index (χ0) is 7.40. The Morgan fingerprint density at radius 2 is 2.40 bits per heavy atom. The van der Waals surface area contributed by atoms with E-state index in [0.717, 1.165) is 0 Å². The second-order valence-corrected chi connectivity index (χ2v) is 2.23. The third kappa shape index (κ3) is 1.69. The van der Waals surface area contributed by atoms with Gasteiger partial charge in [-0.05, 0) is 12.1 Å². The summed E-state index contributed by atoms with van der Waals surface area (Å²) >= 11 is 5.40. The molecule has 1 aromatic heterocycles. The van der Waals surface area contributed by atoms with Crippen LogP contribution >= 0.6 is 11.6 Å². The van der Waals surface area contributed by atoms with Crippen LogP contribution in [0.3, 0.4) is 0 Å². The van der Waals surface area contributed by atoms with Gasteiger partial charge in [0.25, 0.3) is 0 Å². The lowest BCUT2D eigenvalue weighted by Gasteiger charge is -2.03. The van der Waals surface area contributed by atoms with E-state index in [2.05, 4.69) is 4.98 Å². The molecule has 0 fully saturated rings. The molecule has 1 N–H and O–H groups in total. The molecule has 0 aliphatic heterocycles. The highest BCUT2D eigenvalue weighted by atomic mass is 35.5. The first kappa shape index (κ1) is 7.51. The van der Waals surface area contributed by atoms with Gasteiger partial charge in [0.2, 0.25) is 0 Å². The van der Waals surface area contributed by atoms with Gasteiger partial charge in [-0.1, -0.05) is 6.07 Å². The lowest BCUT2D eigenvalue weighted by atomic mass is 10.2. The van der Waals surface area contributed by atoms with Crippen molar-refractivity contribution in [2.24, 2.45) is 0 Å².